The van der Waals surface area contributed by atoms with Crippen molar-refractivity contribution in [2.24, 2.45) is 0 Å². The molecule has 1 N–H and O–H groups in total. The summed E-state index contributed by atoms with van der Waals surface area (Å²) in [4.78, 5) is 23.9. The van der Waals surface area contributed by atoms with Crippen LogP contribution in [0.2, 0.25) is 0 Å². The summed E-state index contributed by atoms with van der Waals surface area (Å²) in [6.07, 6.45) is 1.41. The summed E-state index contributed by atoms with van der Waals surface area (Å²) in [5.74, 6) is -0.437. The Morgan fingerprint density at radius 3 is 2.82 bits per heavy atom. The van der Waals surface area contributed by atoms with E-state index in [2.05, 4.69) is 20.3 Å². The fourth-order valence-electron chi connectivity index (χ4n) is 1.11. The number of hydrogen-bond donors (Lipinski definition) is 1. The Morgan fingerprint density at radius 1 is 1.53 bits per heavy atom. The molecule has 0 radical (unpaired) electrons. The van der Waals surface area contributed by atoms with Crippen LogP contribution in [0.1, 0.15) is 10.6 Å². The van der Waals surface area contributed by atoms with Crippen molar-refractivity contribution in [2.45, 2.75) is 6.54 Å². The Hall–Kier alpha value is -2.12. The van der Waals surface area contributed by atoms with Crippen LogP contribution in [0.3, 0.4) is 0 Å². The van der Waals surface area contributed by atoms with Gasteiger partial charge in [0.05, 0.1) is 7.11 Å². The number of ether oxygens (including phenoxy) is 1. The van der Waals surface area contributed by atoms with E-state index in [9.17, 15) is 9.59 Å². The van der Waals surface area contributed by atoms with Gasteiger partial charge in [0, 0.05) is 27.2 Å². The van der Waals surface area contributed by atoms with Crippen LogP contribution < -0.4 is 5.32 Å². The molecule has 0 unspecified atom stereocenters. The SMILES string of the molecule is COC(=O)c1nncn1CCNC(=O)N(C)C. The maximum Gasteiger partial charge on any atom is 0.376 e. The van der Waals surface area contributed by atoms with Gasteiger partial charge in [-0.2, -0.15) is 0 Å². The lowest BCUT2D eigenvalue weighted by Crippen LogP contribution is -2.36. The molecule has 1 heterocycles. The quantitative estimate of drug-likeness (QED) is 0.706. The minimum absolute atomic E-state index is 0.117. The van der Waals surface area contributed by atoms with E-state index in [0.29, 0.717) is 13.1 Å². The largest absolute Gasteiger partial charge is 0.463 e. The van der Waals surface area contributed by atoms with Crippen LogP contribution in [0, 0.1) is 0 Å². The highest BCUT2D eigenvalue weighted by Gasteiger charge is 2.13. The van der Waals surface area contributed by atoms with Crippen molar-refractivity contribution in [1.82, 2.24) is 25.0 Å². The second-order valence-corrected chi connectivity index (χ2v) is 3.47. The van der Waals surface area contributed by atoms with Crippen LogP contribution in [-0.4, -0.2) is 59.4 Å². The van der Waals surface area contributed by atoms with Crippen molar-refractivity contribution in [1.29, 1.82) is 0 Å². The molecule has 1 aromatic rings. The summed E-state index contributed by atoms with van der Waals surface area (Å²) in [5.41, 5.74) is 0. The molecule has 0 spiro atoms. The van der Waals surface area contributed by atoms with E-state index in [1.807, 2.05) is 0 Å². The van der Waals surface area contributed by atoms with E-state index in [1.54, 1.807) is 14.1 Å². The topological polar surface area (TPSA) is 89.3 Å². The fraction of sp³-hybridized carbons (Fsp3) is 0.556. The van der Waals surface area contributed by atoms with E-state index in [-0.39, 0.29) is 11.9 Å². The summed E-state index contributed by atoms with van der Waals surface area (Å²) in [7, 11) is 4.57. The molecule has 8 heteroatoms. The highest BCUT2D eigenvalue weighted by Crippen LogP contribution is 1.96. The van der Waals surface area contributed by atoms with E-state index in [4.69, 9.17) is 0 Å². The first-order valence-electron chi connectivity index (χ1n) is 4.97. The second-order valence-electron chi connectivity index (χ2n) is 3.47. The van der Waals surface area contributed by atoms with Gasteiger partial charge in [0.2, 0.25) is 5.82 Å². The number of carbonyl (C=O) groups is 2. The van der Waals surface area contributed by atoms with Gasteiger partial charge in [0.1, 0.15) is 6.33 Å². The molecule has 0 aliphatic heterocycles. The van der Waals surface area contributed by atoms with Gasteiger partial charge in [-0.25, -0.2) is 9.59 Å². The van der Waals surface area contributed by atoms with Crippen LogP contribution in [0.15, 0.2) is 6.33 Å². The molecule has 2 amide bonds. The highest BCUT2D eigenvalue weighted by atomic mass is 16.5. The van der Waals surface area contributed by atoms with E-state index in [0.717, 1.165) is 0 Å². The molecule has 8 nitrogen and oxygen atoms in total. The Labute approximate surface area is 98.6 Å². The van der Waals surface area contributed by atoms with Crippen LogP contribution in [-0.2, 0) is 11.3 Å². The first-order valence-corrected chi connectivity index (χ1v) is 4.97. The van der Waals surface area contributed by atoms with Crippen molar-refractivity contribution >= 4 is 12.0 Å². The minimum atomic E-state index is -0.554. The number of methoxy groups -OCH3 is 1. The molecule has 0 aromatic carbocycles. The zero-order valence-corrected chi connectivity index (χ0v) is 10.0. The number of hydrogen-bond acceptors (Lipinski definition) is 5. The van der Waals surface area contributed by atoms with E-state index in [1.165, 1.54) is 22.9 Å². The number of aromatic nitrogens is 3. The molecule has 94 valence electrons. The maximum absolute atomic E-state index is 11.3. The van der Waals surface area contributed by atoms with Crippen LogP contribution >= 0.6 is 0 Å². The van der Waals surface area contributed by atoms with Gasteiger partial charge in [-0.1, -0.05) is 0 Å². The number of esters is 1. The second kappa shape index (κ2) is 5.83. The van der Waals surface area contributed by atoms with Crippen molar-refractivity contribution in [3.8, 4) is 0 Å². The van der Waals surface area contributed by atoms with Gasteiger partial charge >= 0.3 is 12.0 Å². The normalized spacial score (nSPS) is 9.82. The van der Waals surface area contributed by atoms with Crippen LogP contribution in [0.5, 0.6) is 0 Å². The first-order chi connectivity index (χ1) is 8.06. The van der Waals surface area contributed by atoms with Crippen LogP contribution in [0.25, 0.3) is 0 Å². The van der Waals surface area contributed by atoms with Gasteiger partial charge in [0.15, 0.2) is 0 Å². The smallest absolute Gasteiger partial charge is 0.376 e. The Morgan fingerprint density at radius 2 is 2.24 bits per heavy atom. The predicted octanol–water partition coefficient (Wildman–Crippen LogP) is -0.664. The van der Waals surface area contributed by atoms with E-state index >= 15 is 0 Å². The number of rotatable bonds is 4. The molecule has 0 saturated heterocycles. The summed E-state index contributed by atoms with van der Waals surface area (Å²) >= 11 is 0. The van der Waals surface area contributed by atoms with Gasteiger partial charge < -0.3 is 19.5 Å². The molecule has 0 bridgehead atoms. The molecular formula is C9H15N5O3. The Kier molecular flexibility index (Phi) is 4.44. The number of amides is 2. The third kappa shape index (κ3) is 3.44. The third-order valence-corrected chi connectivity index (χ3v) is 2.02. The molecule has 0 fully saturated rings. The van der Waals surface area contributed by atoms with Crippen molar-refractivity contribution in [3.05, 3.63) is 12.2 Å². The van der Waals surface area contributed by atoms with Gasteiger partial charge in [-0.3, -0.25) is 0 Å². The van der Waals surface area contributed by atoms with Crippen molar-refractivity contribution < 1.29 is 14.3 Å². The van der Waals surface area contributed by atoms with Gasteiger partial charge in [0.25, 0.3) is 0 Å². The van der Waals surface area contributed by atoms with E-state index < -0.39 is 5.97 Å². The van der Waals surface area contributed by atoms with Crippen molar-refractivity contribution in [3.63, 3.8) is 0 Å². The predicted molar refractivity (Wildman–Crippen MR) is 58.4 cm³/mol. The molecule has 0 saturated carbocycles. The summed E-state index contributed by atoms with van der Waals surface area (Å²) in [6.45, 7) is 0.774. The molecular weight excluding hydrogens is 226 g/mol. The average molecular weight is 241 g/mol. The standard InChI is InChI=1S/C9H15N5O3/c1-13(2)9(16)10-4-5-14-6-11-12-7(14)8(15)17-3/h6H,4-5H2,1-3H3,(H,10,16). The molecule has 17 heavy (non-hydrogen) atoms. The molecule has 1 rings (SSSR count). The van der Waals surface area contributed by atoms with Crippen LogP contribution in [0.4, 0.5) is 4.79 Å². The van der Waals surface area contributed by atoms with Gasteiger partial charge in [-0.15, -0.1) is 10.2 Å². The lowest BCUT2D eigenvalue weighted by Gasteiger charge is -2.12. The zero-order chi connectivity index (χ0) is 12.8. The first kappa shape index (κ1) is 12.9. The molecule has 0 aliphatic rings. The Bertz CT molecular complexity index is 401. The number of nitrogens with zero attached hydrogens (tertiary/aromatic N) is 4. The minimum Gasteiger partial charge on any atom is -0.463 e. The third-order valence-electron chi connectivity index (χ3n) is 2.02. The monoisotopic (exact) mass is 241 g/mol. The summed E-state index contributed by atoms with van der Waals surface area (Å²) in [5, 5.41) is 9.91. The average Bonchev–Trinajstić information content (AvgIpc) is 2.76. The zero-order valence-electron chi connectivity index (χ0n) is 10.0. The van der Waals surface area contributed by atoms with Crippen molar-refractivity contribution in [2.75, 3.05) is 27.7 Å². The lowest BCUT2D eigenvalue weighted by molar-refractivity contribution is 0.0580. The highest BCUT2D eigenvalue weighted by molar-refractivity contribution is 5.85. The fourth-order valence-corrected chi connectivity index (χ4v) is 1.11. The summed E-state index contributed by atoms with van der Waals surface area (Å²) in [6, 6.07) is -0.197. The Balaban J connectivity index is 2.50. The number of urea groups is 1. The maximum atomic E-state index is 11.3. The van der Waals surface area contributed by atoms with Gasteiger partial charge in [-0.05, 0) is 0 Å². The lowest BCUT2D eigenvalue weighted by atomic mass is 10.5. The number of carbonyl (C=O) groups excluding carboxylic acids is 2. The molecule has 1 aromatic heterocycles. The number of nitrogens with one attached hydrogen (secondary N) is 1. The molecule has 0 aliphatic carbocycles. The summed E-state index contributed by atoms with van der Waals surface area (Å²) < 4.78 is 6.06. The molecule has 0 atom stereocenters.